The molecular formula is C16H13N5O3S. The lowest BCUT2D eigenvalue weighted by Crippen LogP contribution is -2.39. The number of nitrogens with two attached hydrogens (primary N) is 1. The van der Waals surface area contributed by atoms with Crippen molar-refractivity contribution in [2.75, 3.05) is 5.73 Å². The maximum Gasteiger partial charge on any atom is 0.332 e. The van der Waals surface area contributed by atoms with E-state index in [0.29, 0.717) is 22.0 Å². The number of rotatable bonds is 3. The Morgan fingerprint density at radius 1 is 1.40 bits per heavy atom. The number of hydrogen-bond donors (Lipinski definition) is 1. The highest BCUT2D eigenvalue weighted by Crippen LogP contribution is 2.27. The van der Waals surface area contributed by atoms with E-state index in [9.17, 15) is 14.9 Å². The molecule has 3 aromatic heterocycles. The molecule has 2 N–H and O–H groups in total. The summed E-state index contributed by atoms with van der Waals surface area (Å²) in [5, 5.41) is 11.4. The summed E-state index contributed by atoms with van der Waals surface area (Å²) in [6.45, 7) is 0. The van der Waals surface area contributed by atoms with Crippen LogP contribution in [0.1, 0.15) is 10.8 Å². The van der Waals surface area contributed by atoms with E-state index in [4.69, 9.17) is 10.2 Å². The first-order chi connectivity index (χ1) is 11.9. The lowest BCUT2D eigenvalue weighted by atomic mass is 10.2. The highest BCUT2D eigenvalue weighted by Gasteiger charge is 2.18. The fraction of sp³-hybridized carbons (Fsp3) is 0.125. The second-order valence-electron chi connectivity index (χ2n) is 5.19. The third kappa shape index (κ3) is 2.79. The Morgan fingerprint density at radius 3 is 2.80 bits per heavy atom. The monoisotopic (exact) mass is 355 g/mol. The van der Waals surface area contributed by atoms with Gasteiger partial charge in [0.1, 0.15) is 28.2 Å². The van der Waals surface area contributed by atoms with Crippen LogP contribution in [0.5, 0.6) is 0 Å². The number of nitrogens with zero attached hydrogens (tertiary/aromatic N) is 4. The molecule has 0 saturated carbocycles. The highest BCUT2D eigenvalue weighted by molar-refractivity contribution is 7.11. The molecule has 3 rings (SSSR count). The van der Waals surface area contributed by atoms with Crippen LogP contribution < -0.4 is 17.0 Å². The third-order valence-corrected chi connectivity index (χ3v) is 4.53. The fourth-order valence-electron chi connectivity index (χ4n) is 2.27. The van der Waals surface area contributed by atoms with Gasteiger partial charge in [0.25, 0.3) is 5.56 Å². The highest BCUT2D eigenvalue weighted by atomic mass is 32.1. The molecular weight excluding hydrogens is 342 g/mol. The standard InChI is InChI=1S/C16H13N5O3S/c1-20-13(18)12(15(22)21(2)16(20)23)11-8-25-14(19-11)9(7-17)6-10-4-3-5-24-10/h3-6,8H,18H2,1-2H3/b9-6+. The van der Waals surface area contributed by atoms with Crippen LogP contribution in [-0.4, -0.2) is 14.1 Å². The molecule has 0 bridgehead atoms. The predicted molar refractivity (Wildman–Crippen MR) is 94.6 cm³/mol. The van der Waals surface area contributed by atoms with E-state index >= 15 is 0 Å². The maximum atomic E-state index is 12.4. The van der Waals surface area contributed by atoms with Gasteiger partial charge in [-0.05, 0) is 12.1 Å². The van der Waals surface area contributed by atoms with Gasteiger partial charge < -0.3 is 10.2 Å². The molecule has 8 nitrogen and oxygen atoms in total. The average Bonchev–Trinajstić information content (AvgIpc) is 3.28. The van der Waals surface area contributed by atoms with Crippen molar-refractivity contribution in [2.24, 2.45) is 14.1 Å². The first-order valence-electron chi connectivity index (χ1n) is 7.11. The van der Waals surface area contributed by atoms with Crippen LogP contribution >= 0.6 is 11.3 Å². The molecule has 0 spiro atoms. The zero-order valence-electron chi connectivity index (χ0n) is 13.4. The molecule has 0 aliphatic rings. The second kappa shape index (κ2) is 6.26. The van der Waals surface area contributed by atoms with Gasteiger partial charge in [0.15, 0.2) is 0 Å². The smallest absolute Gasteiger partial charge is 0.332 e. The van der Waals surface area contributed by atoms with Crippen molar-refractivity contribution in [1.82, 2.24) is 14.1 Å². The largest absolute Gasteiger partial charge is 0.465 e. The summed E-state index contributed by atoms with van der Waals surface area (Å²) < 4.78 is 7.35. The van der Waals surface area contributed by atoms with E-state index in [0.717, 1.165) is 4.57 Å². The Balaban J connectivity index is 2.14. The summed E-state index contributed by atoms with van der Waals surface area (Å²) in [6, 6.07) is 5.49. The Labute approximate surface area is 145 Å². The normalized spacial score (nSPS) is 11.5. The SMILES string of the molecule is Cn1c(N)c(-c2csc(/C(C#N)=C/c3ccco3)n2)c(=O)n(C)c1=O. The van der Waals surface area contributed by atoms with Crippen molar-refractivity contribution < 1.29 is 4.42 Å². The quantitative estimate of drug-likeness (QED) is 0.710. The zero-order valence-corrected chi connectivity index (χ0v) is 14.2. The number of hydrogen-bond acceptors (Lipinski definition) is 7. The van der Waals surface area contributed by atoms with E-state index in [1.807, 2.05) is 0 Å². The van der Waals surface area contributed by atoms with E-state index in [2.05, 4.69) is 11.1 Å². The lowest BCUT2D eigenvalue weighted by Gasteiger charge is -2.09. The van der Waals surface area contributed by atoms with Crippen molar-refractivity contribution in [2.45, 2.75) is 0 Å². The van der Waals surface area contributed by atoms with Crippen LogP contribution in [0.2, 0.25) is 0 Å². The predicted octanol–water partition coefficient (Wildman–Crippen LogP) is 1.45. The number of allylic oxidation sites excluding steroid dienone is 1. The van der Waals surface area contributed by atoms with Crippen LogP contribution in [0.3, 0.4) is 0 Å². The van der Waals surface area contributed by atoms with Crippen molar-refractivity contribution in [1.29, 1.82) is 5.26 Å². The van der Waals surface area contributed by atoms with Gasteiger partial charge in [0, 0.05) is 25.6 Å². The van der Waals surface area contributed by atoms with Gasteiger partial charge in [0.2, 0.25) is 0 Å². The van der Waals surface area contributed by atoms with E-state index < -0.39 is 11.2 Å². The number of nitrogen functional groups attached to an aromatic ring is 1. The summed E-state index contributed by atoms with van der Waals surface area (Å²) in [4.78, 5) is 28.6. The lowest BCUT2D eigenvalue weighted by molar-refractivity contribution is 0.557. The molecule has 25 heavy (non-hydrogen) atoms. The van der Waals surface area contributed by atoms with Crippen LogP contribution in [0.4, 0.5) is 5.82 Å². The van der Waals surface area contributed by atoms with E-state index in [1.165, 1.54) is 36.3 Å². The molecule has 126 valence electrons. The van der Waals surface area contributed by atoms with Crippen molar-refractivity contribution in [3.63, 3.8) is 0 Å². The molecule has 0 fully saturated rings. The van der Waals surface area contributed by atoms with E-state index in [-0.39, 0.29) is 11.4 Å². The summed E-state index contributed by atoms with van der Waals surface area (Å²) >= 11 is 1.20. The molecule has 0 aliphatic carbocycles. The number of nitriles is 1. The van der Waals surface area contributed by atoms with Gasteiger partial charge >= 0.3 is 5.69 Å². The van der Waals surface area contributed by atoms with Gasteiger partial charge in [0.05, 0.1) is 17.5 Å². The van der Waals surface area contributed by atoms with Gasteiger partial charge in [-0.3, -0.25) is 13.9 Å². The number of furan rings is 1. The van der Waals surface area contributed by atoms with Gasteiger partial charge in [-0.15, -0.1) is 11.3 Å². The molecule has 3 heterocycles. The van der Waals surface area contributed by atoms with Crippen molar-refractivity contribution in [3.8, 4) is 17.3 Å². The Hall–Kier alpha value is -3.38. The summed E-state index contributed by atoms with van der Waals surface area (Å²) in [6.07, 6.45) is 3.06. The minimum atomic E-state index is -0.536. The fourth-order valence-corrected chi connectivity index (χ4v) is 3.05. The van der Waals surface area contributed by atoms with Crippen LogP contribution in [0, 0.1) is 11.3 Å². The Kier molecular flexibility index (Phi) is 4.12. The molecule has 0 radical (unpaired) electrons. The minimum absolute atomic E-state index is 0.0264. The molecule has 9 heteroatoms. The zero-order chi connectivity index (χ0) is 18.1. The summed E-state index contributed by atoms with van der Waals surface area (Å²) in [5.41, 5.74) is 5.62. The minimum Gasteiger partial charge on any atom is -0.465 e. The first-order valence-corrected chi connectivity index (χ1v) is 7.99. The third-order valence-electron chi connectivity index (χ3n) is 3.65. The van der Waals surface area contributed by atoms with Gasteiger partial charge in [-0.25, -0.2) is 9.78 Å². The van der Waals surface area contributed by atoms with E-state index in [1.54, 1.807) is 23.6 Å². The summed E-state index contributed by atoms with van der Waals surface area (Å²) in [7, 11) is 2.85. The molecule has 0 saturated heterocycles. The number of anilines is 1. The number of thiazole rings is 1. The van der Waals surface area contributed by atoms with Crippen LogP contribution in [0.15, 0.2) is 37.8 Å². The molecule has 0 aliphatic heterocycles. The molecule has 0 amide bonds. The Morgan fingerprint density at radius 2 is 2.16 bits per heavy atom. The van der Waals surface area contributed by atoms with Crippen molar-refractivity contribution >= 4 is 28.8 Å². The summed E-state index contributed by atoms with van der Waals surface area (Å²) in [5.74, 6) is 0.546. The van der Waals surface area contributed by atoms with Gasteiger partial charge in [-0.2, -0.15) is 5.26 Å². The topological polar surface area (TPSA) is 120 Å². The molecule has 0 unspecified atom stereocenters. The van der Waals surface area contributed by atoms with Crippen LogP contribution in [-0.2, 0) is 14.1 Å². The molecule has 3 aromatic rings. The average molecular weight is 355 g/mol. The molecule has 0 aromatic carbocycles. The van der Waals surface area contributed by atoms with Crippen molar-refractivity contribution in [3.05, 3.63) is 55.4 Å². The Bertz CT molecular complexity index is 1130. The molecule has 0 atom stereocenters. The maximum absolute atomic E-state index is 12.4. The number of aromatic nitrogens is 3. The first kappa shape index (κ1) is 16.5. The second-order valence-corrected chi connectivity index (χ2v) is 6.05. The van der Waals surface area contributed by atoms with Gasteiger partial charge in [-0.1, -0.05) is 0 Å². The van der Waals surface area contributed by atoms with Crippen LogP contribution in [0.25, 0.3) is 22.9 Å².